The number of nitrogens with one attached hydrogen (secondary N) is 1. The molecule has 9 heteroatoms. The molecule has 7 nitrogen and oxygen atoms in total. The lowest BCUT2D eigenvalue weighted by atomic mass is 9.81. The molecule has 3 amide bonds. The number of imide groups is 1. The summed E-state index contributed by atoms with van der Waals surface area (Å²) in [7, 11) is 0. The molecule has 1 aromatic carbocycles. The molecule has 1 aliphatic heterocycles. The fraction of sp³-hybridized carbons (Fsp3) is 0.500. The predicted molar refractivity (Wildman–Crippen MR) is 108 cm³/mol. The van der Waals surface area contributed by atoms with Gasteiger partial charge in [-0.05, 0) is 71.6 Å². The van der Waals surface area contributed by atoms with Gasteiger partial charge in [0.25, 0.3) is 5.91 Å². The lowest BCUT2D eigenvalue weighted by molar-refractivity contribution is -0.154. The van der Waals surface area contributed by atoms with E-state index in [4.69, 9.17) is 16.3 Å². The van der Waals surface area contributed by atoms with Crippen molar-refractivity contribution < 1.29 is 23.9 Å². The zero-order chi connectivity index (χ0) is 20.9. The van der Waals surface area contributed by atoms with Gasteiger partial charge in [-0.2, -0.15) is 0 Å². The summed E-state index contributed by atoms with van der Waals surface area (Å²) >= 11 is 9.33. The van der Waals surface area contributed by atoms with Crippen molar-refractivity contribution in [1.82, 2.24) is 4.90 Å². The van der Waals surface area contributed by atoms with Gasteiger partial charge < -0.3 is 10.1 Å². The third-order valence-electron chi connectivity index (χ3n) is 6.21. The number of carbonyl (C=O) groups is 4. The zero-order valence-electron chi connectivity index (χ0n) is 15.7. The third-order valence-corrected chi connectivity index (χ3v) is 7.41. The number of halogens is 2. The number of hydrogen-bond acceptors (Lipinski definition) is 5. The Morgan fingerprint density at radius 1 is 1.21 bits per heavy atom. The summed E-state index contributed by atoms with van der Waals surface area (Å²) in [5.41, 5.74) is 1.29. The van der Waals surface area contributed by atoms with Gasteiger partial charge in [0.2, 0.25) is 11.8 Å². The van der Waals surface area contributed by atoms with Gasteiger partial charge in [0.15, 0.2) is 6.61 Å². The van der Waals surface area contributed by atoms with Gasteiger partial charge in [-0.25, -0.2) is 0 Å². The molecule has 1 saturated heterocycles. The Labute approximate surface area is 181 Å². The van der Waals surface area contributed by atoms with Gasteiger partial charge in [0.05, 0.1) is 16.9 Å². The molecule has 1 aromatic rings. The smallest absolute Gasteiger partial charge is 0.326 e. The van der Waals surface area contributed by atoms with Crippen molar-refractivity contribution in [1.29, 1.82) is 0 Å². The number of anilines is 1. The van der Waals surface area contributed by atoms with Crippen molar-refractivity contribution >= 4 is 56.9 Å². The number of ether oxygens (including phenoxy) is 1. The number of carbonyl (C=O) groups excluding carboxylic acids is 4. The summed E-state index contributed by atoms with van der Waals surface area (Å²) in [5.74, 6) is -1.88. The molecule has 4 rings (SSSR count). The van der Waals surface area contributed by atoms with Crippen LogP contribution >= 0.6 is 27.5 Å². The molecule has 0 spiro atoms. The Morgan fingerprint density at radius 2 is 1.83 bits per heavy atom. The standard InChI is InChI=1S/C20H20BrClN2O5/c1-9-4-12(21)13(22)6-14(9)23-15(25)8-29-16(26)7-24-19(27)17-10-2-3-11(5-10)18(17)20(24)28/h4,6,10-11,17-18H,2-3,5,7-8H2,1H3,(H,23,25)/t10-,11-,17-,18-/m0/s1. The van der Waals surface area contributed by atoms with Crippen LogP contribution in [0.2, 0.25) is 5.02 Å². The van der Waals surface area contributed by atoms with E-state index in [-0.39, 0.29) is 35.5 Å². The Kier molecular flexibility index (Phi) is 5.42. The van der Waals surface area contributed by atoms with E-state index in [1.807, 2.05) is 0 Å². The molecule has 29 heavy (non-hydrogen) atoms. The van der Waals surface area contributed by atoms with E-state index in [0.717, 1.165) is 29.7 Å². The highest BCUT2D eigenvalue weighted by Gasteiger charge is 2.61. The molecule has 3 aliphatic rings. The molecular weight excluding hydrogens is 464 g/mol. The van der Waals surface area contributed by atoms with Crippen molar-refractivity contribution in [3.05, 3.63) is 27.2 Å². The van der Waals surface area contributed by atoms with Gasteiger partial charge in [-0.1, -0.05) is 11.6 Å². The number of rotatable bonds is 5. The summed E-state index contributed by atoms with van der Waals surface area (Å²) in [6.45, 7) is 0.845. The number of aryl methyl sites for hydroxylation is 1. The number of hydrogen-bond donors (Lipinski definition) is 1. The minimum Gasteiger partial charge on any atom is -0.454 e. The lowest BCUT2D eigenvalue weighted by Crippen LogP contribution is -2.38. The van der Waals surface area contributed by atoms with Crippen molar-refractivity contribution in [2.75, 3.05) is 18.5 Å². The van der Waals surface area contributed by atoms with E-state index in [2.05, 4.69) is 21.2 Å². The minimum atomic E-state index is -0.778. The number of nitrogens with zero attached hydrogens (tertiary/aromatic N) is 1. The van der Waals surface area contributed by atoms with Crippen LogP contribution in [-0.4, -0.2) is 41.7 Å². The molecule has 0 unspecified atom stereocenters. The lowest BCUT2D eigenvalue weighted by Gasteiger charge is -2.19. The van der Waals surface area contributed by atoms with Gasteiger partial charge >= 0.3 is 5.97 Å². The quantitative estimate of drug-likeness (QED) is 0.513. The molecule has 0 radical (unpaired) electrons. The summed E-state index contributed by atoms with van der Waals surface area (Å²) in [6.07, 6.45) is 2.89. The van der Waals surface area contributed by atoms with Crippen LogP contribution < -0.4 is 5.32 Å². The Bertz CT molecular complexity index is 892. The highest BCUT2D eigenvalue weighted by Crippen LogP contribution is 2.56. The molecule has 4 atom stereocenters. The highest BCUT2D eigenvalue weighted by molar-refractivity contribution is 9.10. The molecule has 2 bridgehead atoms. The first-order valence-electron chi connectivity index (χ1n) is 9.52. The van der Waals surface area contributed by atoms with Crippen LogP contribution in [0.4, 0.5) is 5.69 Å². The average Bonchev–Trinajstić information content (AvgIpc) is 3.34. The van der Waals surface area contributed by atoms with Gasteiger partial charge in [-0.15, -0.1) is 0 Å². The Hall–Kier alpha value is -1.93. The van der Waals surface area contributed by atoms with Crippen LogP contribution in [0.5, 0.6) is 0 Å². The minimum absolute atomic E-state index is 0.259. The van der Waals surface area contributed by atoms with E-state index in [1.54, 1.807) is 19.1 Å². The maximum Gasteiger partial charge on any atom is 0.326 e. The molecule has 154 valence electrons. The fourth-order valence-corrected chi connectivity index (χ4v) is 5.54. The second kappa shape index (κ2) is 7.72. The molecule has 3 fully saturated rings. The van der Waals surface area contributed by atoms with E-state index < -0.39 is 25.0 Å². The summed E-state index contributed by atoms with van der Waals surface area (Å²) < 4.78 is 5.69. The first-order valence-corrected chi connectivity index (χ1v) is 10.7. The normalized spacial score (nSPS) is 27.3. The number of likely N-dealkylation sites (tertiary alicyclic amines) is 1. The second-order valence-electron chi connectivity index (χ2n) is 7.94. The largest absolute Gasteiger partial charge is 0.454 e. The van der Waals surface area contributed by atoms with Crippen LogP contribution in [0.25, 0.3) is 0 Å². The van der Waals surface area contributed by atoms with E-state index in [1.165, 1.54) is 0 Å². The van der Waals surface area contributed by atoms with Crippen LogP contribution in [0.15, 0.2) is 16.6 Å². The summed E-state index contributed by atoms with van der Waals surface area (Å²) in [4.78, 5) is 50.4. The maximum atomic E-state index is 12.6. The highest BCUT2D eigenvalue weighted by atomic mass is 79.9. The van der Waals surface area contributed by atoms with Crippen molar-refractivity contribution in [2.24, 2.45) is 23.7 Å². The maximum absolute atomic E-state index is 12.6. The first kappa shape index (κ1) is 20.3. The molecule has 2 aliphatic carbocycles. The van der Waals surface area contributed by atoms with Gasteiger partial charge in [0.1, 0.15) is 6.54 Å². The predicted octanol–water partition coefficient (Wildman–Crippen LogP) is 2.92. The number of benzene rings is 1. The molecule has 0 aromatic heterocycles. The SMILES string of the molecule is Cc1cc(Br)c(Cl)cc1NC(=O)COC(=O)CN1C(=O)[C@H]2[C@H]3CC[C@@H](C3)[C@@H]2C1=O. The first-order chi connectivity index (χ1) is 13.8. The zero-order valence-corrected chi connectivity index (χ0v) is 18.1. The third kappa shape index (κ3) is 3.68. The Balaban J connectivity index is 1.30. The van der Waals surface area contributed by atoms with Crippen LogP contribution in [0.1, 0.15) is 24.8 Å². The van der Waals surface area contributed by atoms with E-state index in [0.29, 0.717) is 15.2 Å². The average molecular weight is 484 g/mol. The summed E-state index contributed by atoms with van der Waals surface area (Å²) in [6, 6.07) is 3.36. The molecule has 2 saturated carbocycles. The van der Waals surface area contributed by atoms with Crippen molar-refractivity contribution in [2.45, 2.75) is 26.2 Å². The van der Waals surface area contributed by atoms with Crippen molar-refractivity contribution in [3.8, 4) is 0 Å². The molecule has 1 heterocycles. The summed E-state index contributed by atoms with van der Waals surface area (Å²) in [5, 5.41) is 3.07. The van der Waals surface area contributed by atoms with E-state index >= 15 is 0 Å². The van der Waals surface area contributed by atoms with Gasteiger partial charge in [-0.3, -0.25) is 24.1 Å². The Morgan fingerprint density at radius 3 is 2.45 bits per heavy atom. The van der Waals surface area contributed by atoms with Gasteiger partial charge in [0, 0.05) is 10.2 Å². The van der Waals surface area contributed by atoms with Crippen LogP contribution in [-0.2, 0) is 23.9 Å². The fourth-order valence-electron chi connectivity index (χ4n) is 4.91. The molecule has 1 N–H and O–H groups in total. The molecular formula is C20H20BrClN2O5. The number of esters is 1. The number of fused-ring (bicyclic) bond motifs is 5. The van der Waals surface area contributed by atoms with Crippen molar-refractivity contribution in [3.63, 3.8) is 0 Å². The number of amides is 3. The van der Waals surface area contributed by atoms with Crippen LogP contribution in [0, 0.1) is 30.6 Å². The monoisotopic (exact) mass is 482 g/mol. The second-order valence-corrected chi connectivity index (χ2v) is 9.20. The van der Waals surface area contributed by atoms with E-state index in [9.17, 15) is 19.2 Å². The van der Waals surface area contributed by atoms with Crippen LogP contribution in [0.3, 0.4) is 0 Å². The topological polar surface area (TPSA) is 92.8 Å².